The van der Waals surface area contributed by atoms with Gasteiger partial charge in [0.25, 0.3) is 0 Å². The summed E-state index contributed by atoms with van der Waals surface area (Å²) >= 11 is 0. The molecule has 1 rings (SSSR count). The van der Waals surface area contributed by atoms with Crippen molar-refractivity contribution in [2.75, 3.05) is 19.9 Å². The fourth-order valence-corrected chi connectivity index (χ4v) is 2.30. The molecule has 0 bridgehead atoms. The van der Waals surface area contributed by atoms with Crippen molar-refractivity contribution in [1.82, 2.24) is 0 Å². The highest BCUT2D eigenvalue weighted by Gasteiger charge is 2.39. The molecule has 0 aromatic heterocycles. The van der Waals surface area contributed by atoms with Crippen molar-refractivity contribution in [2.24, 2.45) is 16.6 Å². The average Bonchev–Trinajstić information content (AvgIpc) is 2.53. The van der Waals surface area contributed by atoms with Gasteiger partial charge >= 0.3 is 11.9 Å². The Bertz CT molecular complexity index is 609. The van der Waals surface area contributed by atoms with E-state index >= 15 is 0 Å². The normalized spacial score (nSPS) is 20.4. The lowest BCUT2D eigenvalue weighted by molar-refractivity contribution is -0.169. The molecule has 0 aromatic rings. The molecule has 7 heteroatoms. The van der Waals surface area contributed by atoms with Gasteiger partial charge in [-0.05, 0) is 60.6 Å². The zero-order chi connectivity index (χ0) is 20.9. The molecule has 1 aliphatic carbocycles. The van der Waals surface area contributed by atoms with Gasteiger partial charge in [-0.15, -0.1) is 0 Å². The zero-order valence-electron chi connectivity index (χ0n) is 17.3. The third-order valence-corrected chi connectivity index (χ3v) is 3.99. The fraction of sp³-hybridized carbons (Fsp3) is 0.700. The summed E-state index contributed by atoms with van der Waals surface area (Å²) < 4.78 is 15.9. The van der Waals surface area contributed by atoms with E-state index in [-0.39, 0.29) is 25.6 Å². The number of hydrogen-bond donors (Lipinski definition) is 2. The van der Waals surface area contributed by atoms with Crippen molar-refractivity contribution < 1.29 is 28.9 Å². The van der Waals surface area contributed by atoms with Gasteiger partial charge < -0.3 is 25.1 Å². The average molecular weight is 383 g/mol. The summed E-state index contributed by atoms with van der Waals surface area (Å²) in [6.45, 7) is 10.3. The first-order valence-corrected chi connectivity index (χ1v) is 9.09. The topological polar surface area (TPSA) is 108 Å². The van der Waals surface area contributed by atoms with Crippen LogP contribution in [0.15, 0.2) is 23.5 Å². The maximum absolute atomic E-state index is 12.1. The van der Waals surface area contributed by atoms with Crippen LogP contribution in [0.1, 0.15) is 54.4 Å². The van der Waals surface area contributed by atoms with Crippen LogP contribution >= 0.6 is 0 Å². The molecule has 0 aliphatic heterocycles. The van der Waals surface area contributed by atoms with Crippen molar-refractivity contribution in [2.45, 2.75) is 60.0 Å². The number of allylic oxidation sites excluding steroid dienone is 2. The van der Waals surface area contributed by atoms with Crippen LogP contribution in [0.25, 0.3) is 0 Å². The van der Waals surface area contributed by atoms with E-state index in [0.29, 0.717) is 13.0 Å². The Morgan fingerprint density at radius 3 is 2.15 bits per heavy atom. The Morgan fingerprint density at radius 1 is 1.07 bits per heavy atom. The molecule has 0 saturated heterocycles. The highest BCUT2D eigenvalue weighted by Crippen LogP contribution is 2.33. The zero-order valence-corrected chi connectivity index (χ0v) is 17.3. The van der Waals surface area contributed by atoms with Crippen molar-refractivity contribution in [3.8, 4) is 0 Å². The summed E-state index contributed by atoms with van der Waals surface area (Å²) in [5, 5.41) is 11.1. The molecular weight excluding hydrogens is 350 g/mol. The SMILES string of the molecule is CC(C)(C)C(=O)OCOC1=CC=C(CCN)CC1(O)COC(=O)C(C)(C)C. The van der Waals surface area contributed by atoms with E-state index in [0.717, 1.165) is 5.57 Å². The van der Waals surface area contributed by atoms with Crippen LogP contribution in [0.3, 0.4) is 0 Å². The largest absolute Gasteiger partial charge is 0.462 e. The Kier molecular flexibility index (Phi) is 7.63. The van der Waals surface area contributed by atoms with Gasteiger partial charge in [0.1, 0.15) is 12.4 Å². The van der Waals surface area contributed by atoms with Gasteiger partial charge in [-0.3, -0.25) is 9.59 Å². The lowest BCUT2D eigenvalue weighted by atomic mass is 9.87. The summed E-state index contributed by atoms with van der Waals surface area (Å²) in [5.41, 5.74) is 3.65. The Labute approximate surface area is 161 Å². The van der Waals surface area contributed by atoms with E-state index in [4.69, 9.17) is 19.9 Å². The number of aliphatic hydroxyl groups is 1. The molecule has 0 aromatic carbocycles. The highest BCUT2D eigenvalue weighted by molar-refractivity contribution is 5.75. The second-order valence-electron chi connectivity index (χ2n) is 8.87. The van der Waals surface area contributed by atoms with Gasteiger partial charge in [0.05, 0.1) is 10.8 Å². The molecule has 0 radical (unpaired) electrons. The first kappa shape index (κ1) is 23.2. The minimum absolute atomic E-state index is 0.187. The van der Waals surface area contributed by atoms with Crippen LogP contribution in [-0.4, -0.2) is 42.6 Å². The van der Waals surface area contributed by atoms with E-state index in [1.165, 1.54) is 0 Å². The maximum Gasteiger partial charge on any atom is 0.314 e. The number of ether oxygens (including phenoxy) is 3. The lowest BCUT2D eigenvalue weighted by Gasteiger charge is -2.34. The minimum Gasteiger partial charge on any atom is -0.462 e. The molecule has 0 amide bonds. The molecule has 7 nitrogen and oxygen atoms in total. The minimum atomic E-state index is -1.53. The van der Waals surface area contributed by atoms with E-state index in [1.807, 2.05) is 6.08 Å². The number of esters is 2. The van der Waals surface area contributed by atoms with Crippen molar-refractivity contribution >= 4 is 11.9 Å². The second-order valence-corrected chi connectivity index (χ2v) is 8.87. The van der Waals surface area contributed by atoms with E-state index in [2.05, 4.69) is 0 Å². The maximum atomic E-state index is 12.1. The quantitative estimate of drug-likeness (QED) is 0.513. The van der Waals surface area contributed by atoms with Gasteiger partial charge in [-0.2, -0.15) is 0 Å². The van der Waals surface area contributed by atoms with Crippen LogP contribution < -0.4 is 5.73 Å². The van der Waals surface area contributed by atoms with Crippen molar-refractivity contribution in [1.29, 1.82) is 0 Å². The molecule has 0 spiro atoms. The van der Waals surface area contributed by atoms with Crippen LogP contribution in [0.5, 0.6) is 0 Å². The molecule has 27 heavy (non-hydrogen) atoms. The molecule has 0 saturated carbocycles. The Hall–Kier alpha value is -1.86. The molecule has 1 unspecified atom stereocenters. The summed E-state index contributed by atoms with van der Waals surface area (Å²) in [7, 11) is 0. The molecule has 0 fully saturated rings. The third-order valence-electron chi connectivity index (χ3n) is 3.99. The Morgan fingerprint density at radius 2 is 1.63 bits per heavy atom. The number of carbonyl (C=O) groups is 2. The molecule has 3 N–H and O–H groups in total. The number of rotatable bonds is 7. The summed E-state index contributed by atoms with van der Waals surface area (Å²) in [5.74, 6) is -0.656. The van der Waals surface area contributed by atoms with Crippen LogP contribution in [0.4, 0.5) is 0 Å². The second kappa shape index (κ2) is 8.89. The third kappa shape index (κ3) is 6.99. The first-order chi connectivity index (χ1) is 12.3. The number of hydrogen-bond acceptors (Lipinski definition) is 7. The summed E-state index contributed by atoms with van der Waals surface area (Å²) in [6.07, 6.45) is 4.25. The number of nitrogens with two attached hydrogens (primary N) is 1. The van der Waals surface area contributed by atoms with Gasteiger partial charge in [-0.25, -0.2) is 0 Å². The van der Waals surface area contributed by atoms with E-state index in [9.17, 15) is 14.7 Å². The standard InChI is InChI=1S/C20H33NO6/c1-18(2,3)16(22)25-12-20(24)11-14(9-10-21)7-8-15(20)26-13-27-17(23)19(4,5)6/h7-8,24H,9-13,21H2,1-6H3. The van der Waals surface area contributed by atoms with Gasteiger partial charge in [0.2, 0.25) is 6.79 Å². The highest BCUT2D eigenvalue weighted by atomic mass is 16.7. The summed E-state index contributed by atoms with van der Waals surface area (Å²) in [4.78, 5) is 23.9. The van der Waals surface area contributed by atoms with E-state index in [1.54, 1.807) is 47.6 Å². The van der Waals surface area contributed by atoms with Gasteiger partial charge in [0.15, 0.2) is 5.60 Å². The molecular formula is C20H33NO6. The van der Waals surface area contributed by atoms with E-state index < -0.39 is 28.4 Å². The van der Waals surface area contributed by atoms with Crippen molar-refractivity contribution in [3.05, 3.63) is 23.5 Å². The predicted molar refractivity (Wildman–Crippen MR) is 101 cm³/mol. The van der Waals surface area contributed by atoms with Gasteiger partial charge in [0, 0.05) is 6.42 Å². The lowest BCUT2D eigenvalue weighted by Crippen LogP contribution is -2.42. The van der Waals surface area contributed by atoms with Crippen molar-refractivity contribution in [3.63, 3.8) is 0 Å². The molecule has 1 atom stereocenters. The first-order valence-electron chi connectivity index (χ1n) is 9.09. The summed E-state index contributed by atoms with van der Waals surface area (Å²) in [6, 6.07) is 0. The Balaban J connectivity index is 2.84. The van der Waals surface area contributed by atoms with Crippen LogP contribution in [0.2, 0.25) is 0 Å². The van der Waals surface area contributed by atoms with Gasteiger partial charge in [-0.1, -0.05) is 11.6 Å². The molecule has 154 valence electrons. The monoisotopic (exact) mass is 383 g/mol. The molecule has 1 aliphatic rings. The molecule has 0 heterocycles. The predicted octanol–water partition coefficient (Wildman–Crippen LogP) is 2.43. The smallest absolute Gasteiger partial charge is 0.314 e. The van der Waals surface area contributed by atoms with Crippen LogP contribution in [-0.2, 0) is 23.8 Å². The number of carbonyl (C=O) groups excluding carboxylic acids is 2. The fourth-order valence-electron chi connectivity index (χ4n) is 2.30. The van der Waals surface area contributed by atoms with Crippen LogP contribution in [0, 0.1) is 10.8 Å².